The van der Waals surface area contributed by atoms with Crippen LogP contribution < -0.4 is 0 Å². The third-order valence-electron chi connectivity index (χ3n) is 4.86. The van der Waals surface area contributed by atoms with Crippen molar-refractivity contribution in [1.82, 2.24) is 25.1 Å². The molecule has 0 aromatic carbocycles. The van der Waals surface area contributed by atoms with Crippen LogP contribution in [0.4, 0.5) is 0 Å². The molecule has 35 heavy (non-hydrogen) atoms. The van der Waals surface area contributed by atoms with Gasteiger partial charge in [-0.05, 0) is 64.5 Å². The second-order valence-corrected chi connectivity index (χ2v) is 11.8. The van der Waals surface area contributed by atoms with Crippen molar-refractivity contribution in [3.8, 4) is 0 Å². The largest absolute Gasteiger partial charge is 0.427 e. The van der Waals surface area contributed by atoms with Crippen molar-refractivity contribution in [3.63, 3.8) is 0 Å². The molecule has 0 unspecified atom stereocenters. The van der Waals surface area contributed by atoms with Crippen LogP contribution in [0.15, 0.2) is 16.4 Å². The van der Waals surface area contributed by atoms with Crippen molar-refractivity contribution < 1.29 is 33.8 Å². The zero-order valence-corrected chi connectivity index (χ0v) is 22.7. The molecule has 14 heteroatoms. The molecule has 0 spiro atoms. The van der Waals surface area contributed by atoms with Gasteiger partial charge < -0.3 is 14.6 Å². The van der Waals surface area contributed by atoms with Crippen LogP contribution >= 0.6 is 23.5 Å². The van der Waals surface area contributed by atoms with Gasteiger partial charge >= 0.3 is 11.9 Å². The molecule has 194 valence electrons. The van der Waals surface area contributed by atoms with Gasteiger partial charge in [-0.2, -0.15) is 0 Å². The molecule has 1 N–H and O–H groups in total. The Morgan fingerprint density at radius 3 is 2.23 bits per heavy atom. The summed E-state index contributed by atoms with van der Waals surface area (Å²) < 4.78 is 11.5. The minimum atomic E-state index is -1.44. The van der Waals surface area contributed by atoms with Crippen molar-refractivity contribution in [1.29, 1.82) is 0 Å². The fourth-order valence-corrected chi connectivity index (χ4v) is 5.26. The van der Waals surface area contributed by atoms with E-state index in [-0.39, 0.29) is 16.6 Å². The zero-order chi connectivity index (χ0) is 26.7. The van der Waals surface area contributed by atoms with E-state index < -0.39 is 46.9 Å². The van der Waals surface area contributed by atoms with Gasteiger partial charge in [-0.25, -0.2) is 9.48 Å². The SMILES string of the molecule is CC(C)=C(C(=O)OCOC(=O)C(C)(C)C)N1C(=O)[C@@H](C(C)(C)O)[C@H]1SC(=O)CSc1nnnn1C. The van der Waals surface area contributed by atoms with Gasteiger partial charge in [-0.3, -0.25) is 19.3 Å². The number of tetrazole rings is 1. The maximum absolute atomic E-state index is 13.0. The first kappa shape index (κ1) is 28.8. The molecule has 12 nitrogen and oxygen atoms in total. The third-order valence-corrected chi connectivity index (χ3v) is 7.18. The van der Waals surface area contributed by atoms with Gasteiger partial charge in [0.25, 0.3) is 0 Å². The van der Waals surface area contributed by atoms with E-state index in [1.165, 1.54) is 18.5 Å². The fraction of sp³-hybridized carbons (Fsp3) is 0.667. The molecule has 1 saturated heterocycles. The minimum absolute atomic E-state index is 0.00729. The van der Waals surface area contributed by atoms with Crippen molar-refractivity contribution in [2.45, 2.75) is 64.6 Å². The van der Waals surface area contributed by atoms with Crippen LogP contribution in [0.3, 0.4) is 0 Å². The van der Waals surface area contributed by atoms with Crippen LogP contribution in [0.5, 0.6) is 0 Å². The lowest BCUT2D eigenvalue weighted by molar-refractivity contribution is -0.176. The number of β-lactam (4-membered cyclic amide) rings is 1. The number of aliphatic hydroxyl groups is 1. The number of rotatable bonds is 9. The predicted molar refractivity (Wildman–Crippen MR) is 127 cm³/mol. The van der Waals surface area contributed by atoms with Crippen molar-refractivity contribution in [3.05, 3.63) is 11.3 Å². The summed E-state index contributed by atoms with van der Waals surface area (Å²) in [6.07, 6.45) is 0. The summed E-state index contributed by atoms with van der Waals surface area (Å²) in [5.74, 6) is -2.88. The third kappa shape index (κ3) is 7.04. The first-order valence-electron chi connectivity index (χ1n) is 10.7. The summed E-state index contributed by atoms with van der Waals surface area (Å²) in [6.45, 7) is 10.5. The normalized spacial score (nSPS) is 18.1. The van der Waals surface area contributed by atoms with Gasteiger partial charge in [-0.15, -0.1) is 5.10 Å². The Labute approximate surface area is 212 Å². The number of hydrogen-bond donors (Lipinski definition) is 1. The molecule has 1 aliphatic heterocycles. The average Bonchev–Trinajstić information content (AvgIpc) is 3.12. The molecule has 1 aliphatic rings. The van der Waals surface area contributed by atoms with E-state index in [0.29, 0.717) is 10.7 Å². The number of carbonyl (C=O) groups excluding carboxylic acids is 4. The van der Waals surface area contributed by atoms with E-state index in [1.54, 1.807) is 41.7 Å². The standard InChI is InChI=1S/C21H31N5O7S2/c1-11(2)14(17(29)32-10-33-18(30)20(3,4)5)26-15(28)13(21(6,7)31)16(26)35-12(27)9-34-19-22-23-24-25(19)8/h13,16,31H,9-10H2,1-8H3/t13-,16-/m1/s1. The van der Waals surface area contributed by atoms with Crippen LogP contribution in [-0.2, 0) is 35.7 Å². The molecular formula is C21H31N5O7S2. The Balaban J connectivity index is 2.16. The Kier molecular flexibility index (Phi) is 9.11. The quantitative estimate of drug-likeness (QED) is 0.162. The van der Waals surface area contributed by atoms with Crippen LogP contribution in [-0.4, -0.2) is 76.7 Å². The molecule has 0 radical (unpaired) electrons. The number of aromatic nitrogens is 4. The monoisotopic (exact) mass is 529 g/mol. The molecule has 1 amide bonds. The molecule has 0 bridgehead atoms. The molecule has 0 saturated carbocycles. The second kappa shape index (κ2) is 11.1. The van der Waals surface area contributed by atoms with E-state index in [1.807, 2.05) is 0 Å². The number of aryl methyl sites for hydroxylation is 1. The summed E-state index contributed by atoms with van der Waals surface area (Å²) >= 11 is 1.96. The first-order valence-corrected chi connectivity index (χ1v) is 12.5. The topological polar surface area (TPSA) is 154 Å². The Bertz CT molecular complexity index is 1020. The number of allylic oxidation sites excluding steroid dienone is 1. The highest BCUT2D eigenvalue weighted by Gasteiger charge is 2.57. The number of esters is 2. The van der Waals surface area contributed by atoms with Crippen LogP contribution in [0, 0.1) is 11.3 Å². The summed E-state index contributed by atoms with van der Waals surface area (Å²) in [5, 5.41) is 20.9. The predicted octanol–water partition coefficient (Wildman–Crippen LogP) is 1.50. The van der Waals surface area contributed by atoms with Crippen molar-refractivity contribution in [2.75, 3.05) is 12.5 Å². The van der Waals surface area contributed by atoms with Crippen molar-refractivity contribution >= 4 is 46.5 Å². The van der Waals surface area contributed by atoms with Gasteiger partial charge in [0.15, 0.2) is 0 Å². The maximum atomic E-state index is 13.0. The van der Waals surface area contributed by atoms with Gasteiger partial charge in [-0.1, -0.05) is 23.5 Å². The van der Waals surface area contributed by atoms with Crippen molar-refractivity contribution in [2.24, 2.45) is 18.4 Å². The van der Waals surface area contributed by atoms with Gasteiger partial charge in [0.1, 0.15) is 11.1 Å². The molecule has 2 rings (SSSR count). The van der Waals surface area contributed by atoms with Crippen LogP contribution in [0.2, 0.25) is 0 Å². The lowest BCUT2D eigenvalue weighted by Crippen LogP contribution is -2.66. The fourth-order valence-electron chi connectivity index (χ4n) is 3.07. The Morgan fingerprint density at radius 1 is 1.11 bits per heavy atom. The number of likely N-dealkylation sites (tertiary alicyclic amines) is 1. The minimum Gasteiger partial charge on any atom is -0.427 e. The molecule has 2 atom stereocenters. The highest BCUT2D eigenvalue weighted by molar-refractivity contribution is 8.16. The highest BCUT2D eigenvalue weighted by atomic mass is 32.2. The number of thioether (sulfide) groups is 2. The number of amides is 1. The van der Waals surface area contributed by atoms with E-state index >= 15 is 0 Å². The summed E-state index contributed by atoms with van der Waals surface area (Å²) in [7, 11) is 1.64. The lowest BCUT2D eigenvalue weighted by Gasteiger charge is -2.50. The molecule has 0 aliphatic carbocycles. The average molecular weight is 530 g/mol. The second-order valence-electron chi connectivity index (χ2n) is 9.67. The molecule has 1 aromatic heterocycles. The van der Waals surface area contributed by atoms with Crippen LogP contribution in [0.25, 0.3) is 0 Å². The smallest absolute Gasteiger partial charge is 0.357 e. The first-order chi connectivity index (χ1) is 16.1. The number of hydrogen-bond acceptors (Lipinski definition) is 12. The van der Waals surface area contributed by atoms with E-state index in [2.05, 4.69) is 15.5 Å². The summed E-state index contributed by atoms with van der Waals surface area (Å²) in [6, 6.07) is 0. The number of carbonyl (C=O) groups is 4. The summed E-state index contributed by atoms with van der Waals surface area (Å²) in [4.78, 5) is 51.7. The summed E-state index contributed by atoms with van der Waals surface area (Å²) in [5.41, 5.74) is -1.83. The number of nitrogens with zero attached hydrogens (tertiary/aromatic N) is 5. The maximum Gasteiger partial charge on any atom is 0.357 e. The van der Waals surface area contributed by atoms with Crippen LogP contribution in [0.1, 0.15) is 48.5 Å². The number of ether oxygens (including phenoxy) is 2. The molecule has 1 fully saturated rings. The molecular weight excluding hydrogens is 498 g/mol. The molecule has 2 heterocycles. The highest BCUT2D eigenvalue weighted by Crippen LogP contribution is 2.45. The Hall–Kier alpha value is -2.45. The lowest BCUT2D eigenvalue weighted by atomic mass is 9.82. The van der Waals surface area contributed by atoms with Gasteiger partial charge in [0, 0.05) is 7.05 Å². The Morgan fingerprint density at radius 2 is 1.74 bits per heavy atom. The van der Waals surface area contributed by atoms with E-state index in [4.69, 9.17) is 9.47 Å². The van der Waals surface area contributed by atoms with Gasteiger partial charge in [0.05, 0.1) is 22.7 Å². The zero-order valence-electron chi connectivity index (χ0n) is 21.0. The molecule has 1 aromatic rings. The van der Waals surface area contributed by atoms with Gasteiger partial charge in [0.2, 0.25) is 23.0 Å². The van der Waals surface area contributed by atoms with E-state index in [9.17, 15) is 24.3 Å². The van der Waals surface area contributed by atoms with E-state index in [0.717, 1.165) is 28.4 Å².